The summed E-state index contributed by atoms with van der Waals surface area (Å²) in [5.41, 5.74) is 1.21. The van der Waals surface area contributed by atoms with Crippen molar-refractivity contribution in [1.82, 2.24) is 13.7 Å². The molecule has 0 unspecified atom stereocenters. The molecule has 0 aliphatic rings. The third-order valence-electron chi connectivity index (χ3n) is 1.11. The Morgan fingerprint density at radius 2 is 2.10 bits per heavy atom. The van der Waals surface area contributed by atoms with Crippen molar-refractivity contribution in [2.24, 2.45) is 0 Å². The van der Waals surface area contributed by atoms with E-state index in [2.05, 4.69) is 13.7 Å². The minimum absolute atomic E-state index is 0.514. The van der Waals surface area contributed by atoms with Crippen LogP contribution in [0.3, 0.4) is 0 Å². The SMILES string of the molecule is Fc1cc2nsnc2cn1. The second kappa shape index (κ2) is 1.95. The minimum Gasteiger partial charge on any atom is -0.226 e. The molecule has 10 heavy (non-hydrogen) atoms. The maximum Gasteiger partial charge on any atom is 0.215 e. The molecule has 2 aromatic heterocycles. The fourth-order valence-electron chi connectivity index (χ4n) is 0.665. The molecule has 0 N–H and O–H groups in total. The zero-order valence-electron chi connectivity index (χ0n) is 4.78. The van der Waals surface area contributed by atoms with Gasteiger partial charge in [0.15, 0.2) is 0 Å². The molecule has 0 spiro atoms. The lowest BCUT2D eigenvalue weighted by atomic mass is 10.4. The molecule has 0 saturated carbocycles. The highest BCUT2D eigenvalue weighted by Crippen LogP contribution is 2.09. The Morgan fingerprint density at radius 1 is 1.30 bits per heavy atom. The van der Waals surface area contributed by atoms with Crippen LogP contribution >= 0.6 is 11.7 Å². The van der Waals surface area contributed by atoms with Crippen molar-refractivity contribution in [2.45, 2.75) is 0 Å². The average molecular weight is 155 g/mol. The van der Waals surface area contributed by atoms with Crippen molar-refractivity contribution in [3.05, 3.63) is 18.2 Å². The molecule has 0 fully saturated rings. The monoisotopic (exact) mass is 155 g/mol. The predicted molar refractivity (Wildman–Crippen MR) is 35.2 cm³/mol. The lowest BCUT2D eigenvalue weighted by Crippen LogP contribution is -1.79. The molecule has 0 aliphatic carbocycles. The van der Waals surface area contributed by atoms with Crippen molar-refractivity contribution in [3.63, 3.8) is 0 Å². The van der Waals surface area contributed by atoms with E-state index < -0.39 is 5.95 Å². The summed E-state index contributed by atoms with van der Waals surface area (Å²) in [5, 5.41) is 0. The van der Waals surface area contributed by atoms with Crippen molar-refractivity contribution in [1.29, 1.82) is 0 Å². The van der Waals surface area contributed by atoms with Gasteiger partial charge in [-0.3, -0.25) is 0 Å². The molecule has 0 bridgehead atoms. The van der Waals surface area contributed by atoms with Gasteiger partial charge >= 0.3 is 0 Å². The van der Waals surface area contributed by atoms with E-state index in [0.717, 1.165) is 11.7 Å². The van der Waals surface area contributed by atoms with Crippen LogP contribution < -0.4 is 0 Å². The van der Waals surface area contributed by atoms with E-state index in [9.17, 15) is 4.39 Å². The third kappa shape index (κ3) is 0.750. The Labute approximate surface area is 59.9 Å². The Bertz CT molecular complexity index is 358. The Hall–Kier alpha value is -1.10. The molecule has 0 atom stereocenters. The van der Waals surface area contributed by atoms with E-state index in [1.807, 2.05) is 0 Å². The first-order chi connectivity index (χ1) is 4.86. The lowest BCUT2D eigenvalue weighted by molar-refractivity contribution is 0.586. The quantitative estimate of drug-likeness (QED) is 0.537. The van der Waals surface area contributed by atoms with Crippen LogP contribution in [0.2, 0.25) is 0 Å². The van der Waals surface area contributed by atoms with Crippen LogP contribution in [0.1, 0.15) is 0 Å². The van der Waals surface area contributed by atoms with E-state index >= 15 is 0 Å². The molecule has 5 heteroatoms. The highest BCUT2D eigenvalue weighted by atomic mass is 32.1. The van der Waals surface area contributed by atoms with E-state index in [1.165, 1.54) is 12.3 Å². The topological polar surface area (TPSA) is 38.7 Å². The zero-order chi connectivity index (χ0) is 6.97. The Kier molecular flexibility index (Phi) is 1.10. The minimum atomic E-state index is -0.514. The molecular formula is C5H2FN3S. The van der Waals surface area contributed by atoms with Gasteiger partial charge < -0.3 is 0 Å². The maximum atomic E-state index is 12.3. The van der Waals surface area contributed by atoms with E-state index in [0.29, 0.717) is 11.0 Å². The van der Waals surface area contributed by atoms with E-state index in [-0.39, 0.29) is 0 Å². The number of hydrogen-bond donors (Lipinski definition) is 0. The zero-order valence-corrected chi connectivity index (χ0v) is 5.60. The van der Waals surface area contributed by atoms with Crippen LogP contribution in [-0.2, 0) is 0 Å². The maximum absolute atomic E-state index is 12.3. The smallest absolute Gasteiger partial charge is 0.215 e. The van der Waals surface area contributed by atoms with Gasteiger partial charge in [-0.25, -0.2) is 4.98 Å². The molecule has 0 saturated heterocycles. The van der Waals surface area contributed by atoms with Gasteiger partial charge in [0.2, 0.25) is 5.95 Å². The van der Waals surface area contributed by atoms with Crippen LogP contribution in [0.5, 0.6) is 0 Å². The van der Waals surface area contributed by atoms with Gasteiger partial charge in [0.05, 0.1) is 17.9 Å². The normalized spacial score (nSPS) is 10.5. The van der Waals surface area contributed by atoms with Crippen molar-refractivity contribution >= 4 is 22.8 Å². The van der Waals surface area contributed by atoms with Crippen LogP contribution in [0.4, 0.5) is 4.39 Å². The van der Waals surface area contributed by atoms with Gasteiger partial charge in [-0.15, -0.1) is 0 Å². The predicted octanol–water partition coefficient (Wildman–Crippen LogP) is 1.23. The molecule has 0 amide bonds. The number of aromatic nitrogens is 3. The van der Waals surface area contributed by atoms with Crippen molar-refractivity contribution in [3.8, 4) is 0 Å². The van der Waals surface area contributed by atoms with Crippen LogP contribution in [0, 0.1) is 5.95 Å². The highest BCUT2D eigenvalue weighted by Gasteiger charge is 1.98. The fourth-order valence-corrected chi connectivity index (χ4v) is 1.17. The largest absolute Gasteiger partial charge is 0.226 e. The fraction of sp³-hybridized carbons (Fsp3) is 0. The van der Waals surface area contributed by atoms with Crippen LogP contribution in [0.15, 0.2) is 12.3 Å². The van der Waals surface area contributed by atoms with E-state index in [1.54, 1.807) is 0 Å². The number of nitrogens with zero attached hydrogens (tertiary/aromatic N) is 3. The molecule has 0 radical (unpaired) electrons. The summed E-state index contributed by atoms with van der Waals surface area (Å²) in [6.45, 7) is 0. The summed E-state index contributed by atoms with van der Waals surface area (Å²) in [4.78, 5) is 3.42. The number of rotatable bonds is 0. The second-order valence-corrected chi connectivity index (χ2v) is 2.29. The molecule has 2 heterocycles. The summed E-state index contributed by atoms with van der Waals surface area (Å²) in [7, 11) is 0. The van der Waals surface area contributed by atoms with Gasteiger partial charge in [0.1, 0.15) is 11.0 Å². The molecule has 50 valence electrons. The molecule has 0 aromatic carbocycles. The standard InChI is InChI=1S/C5H2FN3S/c6-5-1-3-4(2-7-5)9-10-8-3/h1-2H. The number of fused-ring (bicyclic) bond motifs is 1. The summed E-state index contributed by atoms with van der Waals surface area (Å²) in [6, 6.07) is 1.26. The van der Waals surface area contributed by atoms with Gasteiger partial charge in [0.25, 0.3) is 0 Å². The molecule has 2 rings (SSSR count). The Balaban J connectivity index is 2.86. The first kappa shape index (κ1) is 5.67. The molecule has 3 nitrogen and oxygen atoms in total. The summed E-state index contributed by atoms with van der Waals surface area (Å²) in [6.07, 6.45) is 1.37. The molecule has 0 aliphatic heterocycles. The van der Waals surface area contributed by atoms with Crippen molar-refractivity contribution < 1.29 is 4.39 Å². The Morgan fingerprint density at radius 3 is 3.00 bits per heavy atom. The highest BCUT2D eigenvalue weighted by molar-refractivity contribution is 7.00. The molecule has 2 aromatic rings. The van der Waals surface area contributed by atoms with Gasteiger partial charge in [0, 0.05) is 6.07 Å². The van der Waals surface area contributed by atoms with Gasteiger partial charge in [-0.2, -0.15) is 13.1 Å². The van der Waals surface area contributed by atoms with Gasteiger partial charge in [-0.1, -0.05) is 0 Å². The van der Waals surface area contributed by atoms with Crippen LogP contribution in [0.25, 0.3) is 11.0 Å². The summed E-state index contributed by atoms with van der Waals surface area (Å²) < 4.78 is 20.0. The van der Waals surface area contributed by atoms with E-state index in [4.69, 9.17) is 0 Å². The first-order valence-electron chi connectivity index (χ1n) is 2.60. The van der Waals surface area contributed by atoms with Gasteiger partial charge in [-0.05, 0) is 0 Å². The lowest BCUT2D eigenvalue weighted by Gasteiger charge is -1.83. The number of hydrogen-bond acceptors (Lipinski definition) is 4. The number of pyridine rings is 1. The average Bonchev–Trinajstić information content (AvgIpc) is 2.33. The second-order valence-electron chi connectivity index (χ2n) is 1.76. The van der Waals surface area contributed by atoms with Crippen molar-refractivity contribution in [2.75, 3.05) is 0 Å². The summed E-state index contributed by atoms with van der Waals surface area (Å²) in [5.74, 6) is -0.514. The number of halogens is 1. The summed E-state index contributed by atoms with van der Waals surface area (Å²) >= 11 is 1.05. The third-order valence-corrected chi connectivity index (χ3v) is 1.66. The van der Waals surface area contributed by atoms with Crippen LogP contribution in [-0.4, -0.2) is 13.7 Å². The first-order valence-corrected chi connectivity index (χ1v) is 3.33. The molecular weight excluding hydrogens is 153 g/mol.